The average Bonchev–Trinajstić information content (AvgIpc) is 2.67. The van der Waals surface area contributed by atoms with Crippen LogP contribution in [0.25, 0.3) is 33.5 Å². The monoisotopic (exact) mass is 326 g/mol. The largest absolute Gasteiger partial charge is 0.497 e. The third-order valence-electron chi connectivity index (χ3n) is 4.35. The van der Waals surface area contributed by atoms with E-state index < -0.39 is 0 Å². The molecule has 0 aliphatic heterocycles. The third kappa shape index (κ3) is 2.85. The smallest absolute Gasteiger partial charge is 0.160 e. The summed E-state index contributed by atoms with van der Waals surface area (Å²) in [6, 6.07) is 24.3. The summed E-state index contributed by atoms with van der Waals surface area (Å²) in [4.78, 5) is 9.70. The van der Waals surface area contributed by atoms with E-state index in [1.807, 2.05) is 54.6 Å². The van der Waals surface area contributed by atoms with Gasteiger partial charge in [-0.3, -0.25) is 0 Å². The molecule has 0 fully saturated rings. The van der Waals surface area contributed by atoms with E-state index >= 15 is 0 Å². The molecule has 0 bridgehead atoms. The first-order chi connectivity index (χ1) is 12.3. The van der Waals surface area contributed by atoms with Crippen molar-refractivity contribution in [3.8, 4) is 28.4 Å². The molecule has 0 aliphatic carbocycles. The molecular weight excluding hydrogens is 308 g/mol. The van der Waals surface area contributed by atoms with Crippen molar-refractivity contribution in [2.24, 2.45) is 0 Å². The molecule has 4 rings (SSSR count). The van der Waals surface area contributed by atoms with Gasteiger partial charge in [-0.1, -0.05) is 42.5 Å². The van der Waals surface area contributed by atoms with E-state index in [0.29, 0.717) is 0 Å². The normalized spacial score (nSPS) is 10.8. The number of hydrogen-bond acceptors (Lipinski definition) is 3. The van der Waals surface area contributed by atoms with Crippen LogP contribution in [0.15, 0.2) is 72.8 Å². The first kappa shape index (κ1) is 15.3. The molecule has 122 valence electrons. The van der Waals surface area contributed by atoms with Gasteiger partial charge in [0, 0.05) is 16.5 Å². The molecule has 0 unspecified atom stereocenters. The van der Waals surface area contributed by atoms with Crippen molar-refractivity contribution >= 4 is 10.9 Å². The maximum Gasteiger partial charge on any atom is 0.160 e. The summed E-state index contributed by atoms with van der Waals surface area (Å²) < 4.78 is 5.27. The van der Waals surface area contributed by atoms with Crippen LogP contribution in [-0.2, 0) is 0 Å². The van der Waals surface area contributed by atoms with E-state index in [2.05, 4.69) is 25.1 Å². The van der Waals surface area contributed by atoms with Crippen LogP contribution in [0.5, 0.6) is 5.75 Å². The lowest BCUT2D eigenvalue weighted by Gasteiger charge is -2.11. The van der Waals surface area contributed by atoms with Gasteiger partial charge in [-0.05, 0) is 42.8 Å². The van der Waals surface area contributed by atoms with Gasteiger partial charge in [-0.25, -0.2) is 9.97 Å². The molecule has 0 radical (unpaired) electrons. The maximum atomic E-state index is 5.27. The molecule has 0 saturated heterocycles. The Labute approximate surface area is 147 Å². The Bertz CT molecular complexity index is 1040. The number of aromatic nitrogens is 2. The highest BCUT2D eigenvalue weighted by Gasteiger charge is 2.12. The van der Waals surface area contributed by atoms with Crippen molar-refractivity contribution in [2.45, 2.75) is 6.92 Å². The zero-order chi connectivity index (χ0) is 17.2. The fourth-order valence-electron chi connectivity index (χ4n) is 2.99. The van der Waals surface area contributed by atoms with E-state index in [1.54, 1.807) is 7.11 Å². The van der Waals surface area contributed by atoms with Crippen molar-refractivity contribution in [3.63, 3.8) is 0 Å². The molecule has 3 nitrogen and oxygen atoms in total. The Kier molecular flexibility index (Phi) is 3.90. The zero-order valence-electron chi connectivity index (χ0n) is 14.2. The fraction of sp³-hybridized carbons (Fsp3) is 0.0909. The molecule has 3 heteroatoms. The van der Waals surface area contributed by atoms with Gasteiger partial charge < -0.3 is 4.74 Å². The predicted octanol–water partition coefficient (Wildman–Crippen LogP) is 5.28. The van der Waals surface area contributed by atoms with E-state index in [1.165, 1.54) is 5.56 Å². The lowest BCUT2D eigenvalue weighted by Crippen LogP contribution is -1.96. The number of fused-ring (bicyclic) bond motifs is 1. The summed E-state index contributed by atoms with van der Waals surface area (Å²) in [5.74, 6) is 1.59. The van der Waals surface area contributed by atoms with Crippen molar-refractivity contribution < 1.29 is 4.74 Å². The molecule has 4 aromatic rings. The van der Waals surface area contributed by atoms with Gasteiger partial charge in [-0.15, -0.1) is 0 Å². The molecule has 0 N–H and O–H groups in total. The highest BCUT2D eigenvalue weighted by Crippen LogP contribution is 2.30. The van der Waals surface area contributed by atoms with Gasteiger partial charge in [0.05, 0.1) is 18.3 Å². The van der Waals surface area contributed by atoms with Crippen molar-refractivity contribution in [2.75, 3.05) is 7.11 Å². The summed E-state index contributed by atoms with van der Waals surface area (Å²) in [6.07, 6.45) is 0. The minimum atomic E-state index is 0.752. The number of methoxy groups -OCH3 is 1. The quantitative estimate of drug-likeness (QED) is 0.514. The van der Waals surface area contributed by atoms with Crippen molar-refractivity contribution in [3.05, 3.63) is 78.4 Å². The molecule has 3 aromatic carbocycles. The second-order valence-corrected chi connectivity index (χ2v) is 5.96. The first-order valence-electron chi connectivity index (χ1n) is 8.23. The van der Waals surface area contributed by atoms with Crippen LogP contribution in [0.3, 0.4) is 0 Å². The molecule has 0 aliphatic rings. The van der Waals surface area contributed by atoms with Crippen molar-refractivity contribution in [1.29, 1.82) is 0 Å². The maximum absolute atomic E-state index is 5.27. The van der Waals surface area contributed by atoms with Gasteiger partial charge in [0.2, 0.25) is 0 Å². The lowest BCUT2D eigenvalue weighted by atomic mass is 10.0. The molecule has 0 spiro atoms. The van der Waals surface area contributed by atoms with Crippen LogP contribution in [0.2, 0.25) is 0 Å². The van der Waals surface area contributed by atoms with Crippen LogP contribution in [0.4, 0.5) is 0 Å². The van der Waals surface area contributed by atoms with Gasteiger partial charge in [0.25, 0.3) is 0 Å². The van der Waals surface area contributed by atoms with Crippen LogP contribution >= 0.6 is 0 Å². The molecule has 25 heavy (non-hydrogen) atoms. The standard InChI is InChI=1S/C22H18N2O/c1-15-7-3-4-8-18(15)22-23-20-10-6-5-9-19(20)21(24-22)16-11-13-17(25-2)14-12-16/h3-14H,1-2H3. The van der Waals surface area contributed by atoms with Gasteiger partial charge in [-0.2, -0.15) is 0 Å². The van der Waals surface area contributed by atoms with E-state index in [9.17, 15) is 0 Å². The average molecular weight is 326 g/mol. The van der Waals surface area contributed by atoms with E-state index in [-0.39, 0.29) is 0 Å². The molecule has 0 amide bonds. The SMILES string of the molecule is COc1ccc(-c2nc(-c3ccccc3C)nc3ccccc23)cc1. The zero-order valence-corrected chi connectivity index (χ0v) is 14.2. The van der Waals surface area contributed by atoms with E-state index in [4.69, 9.17) is 14.7 Å². The molecule has 0 saturated carbocycles. The second-order valence-electron chi connectivity index (χ2n) is 5.96. The van der Waals surface area contributed by atoms with Gasteiger partial charge >= 0.3 is 0 Å². The Hall–Kier alpha value is -3.20. The summed E-state index contributed by atoms with van der Waals surface area (Å²) in [7, 11) is 1.67. The minimum absolute atomic E-state index is 0.752. The molecule has 0 atom stereocenters. The highest BCUT2D eigenvalue weighted by molar-refractivity contribution is 5.93. The summed E-state index contributed by atoms with van der Waals surface area (Å²) in [5, 5.41) is 1.05. The predicted molar refractivity (Wildman–Crippen MR) is 102 cm³/mol. The lowest BCUT2D eigenvalue weighted by molar-refractivity contribution is 0.415. The van der Waals surface area contributed by atoms with E-state index in [0.717, 1.165) is 39.3 Å². The Morgan fingerprint density at radius 1 is 0.760 bits per heavy atom. The summed E-state index contributed by atoms with van der Waals surface area (Å²) in [6.45, 7) is 2.08. The number of ether oxygens (including phenoxy) is 1. The van der Waals surface area contributed by atoms with Gasteiger partial charge in [0.15, 0.2) is 5.82 Å². The number of hydrogen-bond donors (Lipinski definition) is 0. The second kappa shape index (κ2) is 6.36. The van der Waals surface area contributed by atoms with Crippen LogP contribution in [-0.4, -0.2) is 17.1 Å². The van der Waals surface area contributed by atoms with Crippen LogP contribution in [0.1, 0.15) is 5.56 Å². The molecule has 1 aromatic heterocycles. The highest BCUT2D eigenvalue weighted by atomic mass is 16.5. The molecule has 1 heterocycles. The number of rotatable bonds is 3. The molecular formula is C22H18N2O. The Balaban J connectivity index is 1.97. The number of para-hydroxylation sites is 1. The fourth-order valence-corrected chi connectivity index (χ4v) is 2.99. The Morgan fingerprint density at radius 2 is 1.48 bits per heavy atom. The summed E-state index contributed by atoms with van der Waals surface area (Å²) in [5.41, 5.74) is 5.16. The van der Waals surface area contributed by atoms with Crippen molar-refractivity contribution in [1.82, 2.24) is 9.97 Å². The Morgan fingerprint density at radius 3 is 2.24 bits per heavy atom. The van der Waals surface area contributed by atoms with Gasteiger partial charge in [0.1, 0.15) is 5.75 Å². The van der Waals surface area contributed by atoms with Crippen LogP contribution in [0, 0.1) is 6.92 Å². The first-order valence-corrected chi connectivity index (χ1v) is 8.23. The van der Waals surface area contributed by atoms with Crippen LogP contribution < -0.4 is 4.74 Å². The number of nitrogens with zero attached hydrogens (tertiary/aromatic N) is 2. The topological polar surface area (TPSA) is 35.0 Å². The number of benzene rings is 3. The summed E-state index contributed by atoms with van der Waals surface area (Å²) >= 11 is 0. The number of aryl methyl sites for hydroxylation is 1. The minimum Gasteiger partial charge on any atom is -0.497 e. The third-order valence-corrected chi connectivity index (χ3v) is 4.35.